The number of ether oxygens (including phenoxy) is 1. The van der Waals surface area contributed by atoms with E-state index in [1.807, 2.05) is 48.5 Å². The Hall–Kier alpha value is -4.23. The van der Waals surface area contributed by atoms with E-state index in [9.17, 15) is 4.79 Å². The number of nitrogens with zero attached hydrogens (tertiary/aromatic N) is 2. The highest BCUT2D eigenvalue weighted by atomic mass is 32.1. The Labute approximate surface area is 219 Å². The van der Waals surface area contributed by atoms with Gasteiger partial charge >= 0.3 is 0 Å². The molecule has 7 heteroatoms. The zero-order chi connectivity index (χ0) is 25.9. The fourth-order valence-electron chi connectivity index (χ4n) is 4.11. The van der Waals surface area contributed by atoms with Gasteiger partial charge in [0.05, 0.1) is 18.5 Å². The number of rotatable bonds is 6. The number of fused-ring (bicyclic) bond motifs is 1. The fraction of sp³-hybridized carbons (Fsp3) is 0.167. The van der Waals surface area contributed by atoms with Gasteiger partial charge in [-0.15, -0.1) is 11.3 Å². The minimum absolute atomic E-state index is 0.225. The molecule has 0 saturated heterocycles. The summed E-state index contributed by atoms with van der Waals surface area (Å²) in [6, 6.07) is 23.0. The molecule has 3 aromatic carbocycles. The molecule has 5 rings (SSSR count). The van der Waals surface area contributed by atoms with Crippen molar-refractivity contribution >= 4 is 39.0 Å². The van der Waals surface area contributed by atoms with Crippen LogP contribution in [-0.4, -0.2) is 18.0 Å². The Balaban J connectivity index is 1.58. The number of para-hydroxylation sites is 1. The molecule has 5 aromatic rings. The van der Waals surface area contributed by atoms with Gasteiger partial charge in [0.2, 0.25) is 5.55 Å². The van der Waals surface area contributed by atoms with Crippen molar-refractivity contribution in [2.24, 2.45) is 4.99 Å². The van der Waals surface area contributed by atoms with Crippen LogP contribution in [0.2, 0.25) is 0 Å². The van der Waals surface area contributed by atoms with E-state index in [0.717, 1.165) is 33.5 Å². The predicted molar refractivity (Wildman–Crippen MR) is 149 cm³/mol. The number of thiazole rings is 1. The highest BCUT2D eigenvalue weighted by Crippen LogP contribution is 2.34. The summed E-state index contributed by atoms with van der Waals surface area (Å²) in [5.41, 5.74) is 6.14. The Morgan fingerprint density at radius 1 is 1.05 bits per heavy atom. The molecule has 1 N–H and O–H groups in total. The van der Waals surface area contributed by atoms with Crippen LogP contribution in [0.1, 0.15) is 33.3 Å². The lowest BCUT2D eigenvalue weighted by molar-refractivity contribution is 0.102. The van der Waals surface area contributed by atoms with E-state index in [0.29, 0.717) is 27.7 Å². The van der Waals surface area contributed by atoms with Crippen molar-refractivity contribution in [1.82, 2.24) is 4.98 Å². The number of nitrogens with one attached hydrogen (secondary N) is 1. The smallest absolute Gasteiger partial charge is 0.262 e. The number of carbonyl (C=O) groups excluding carboxylic acids is 1. The molecule has 37 heavy (non-hydrogen) atoms. The monoisotopic (exact) mass is 509 g/mol. The van der Waals surface area contributed by atoms with E-state index in [-0.39, 0.29) is 11.5 Å². The van der Waals surface area contributed by atoms with Crippen LogP contribution >= 0.6 is 11.3 Å². The Bertz CT molecular complexity index is 1670. The van der Waals surface area contributed by atoms with E-state index in [1.54, 1.807) is 13.2 Å². The topological polar surface area (TPSA) is 76.7 Å². The molecule has 0 aliphatic heterocycles. The number of amides is 1. The van der Waals surface area contributed by atoms with Gasteiger partial charge in [0, 0.05) is 15.8 Å². The van der Waals surface area contributed by atoms with Gasteiger partial charge in [-0.1, -0.05) is 42.8 Å². The maximum absolute atomic E-state index is 13.6. The molecule has 0 fully saturated rings. The second kappa shape index (κ2) is 10.4. The fourth-order valence-corrected chi connectivity index (χ4v) is 5.02. The highest BCUT2D eigenvalue weighted by Gasteiger charge is 2.19. The van der Waals surface area contributed by atoms with E-state index in [1.165, 1.54) is 16.9 Å². The first-order valence-electron chi connectivity index (χ1n) is 12.1. The van der Waals surface area contributed by atoms with Crippen LogP contribution in [0.25, 0.3) is 22.2 Å². The number of carbonyl (C=O) groups is 1. The zero-order valence-electron chi connectivity index (χ0n) is 21.2. The number of hydrogen-bond donors (Lipinski definition) is 1. The summed E-state index contributed by atoms with van der Waals surface area (Å²) in [4.78, 5) is 24.2. The number of benzene rings is 3. The molecule has 0 aliphatic rings. The zero-order valence-corrected chi connectivity index (χ0v) is 22.0. The van der Waals surface area contributed by atoms with Gasteiger partial charge in [-0.2, -0.15) is 0 Å². The summed E-state index contributed by atoms with van der Waals surface area (Å²) in [6.45, 7) is 6.24. The molecule has 2 aromatic heterocycles. The van der Waals surface area contributed by atoms with Gasteiger partial charge in [0.15, 0.2) is 5.13 Å². The maximum atomic E-state index is 13.6. The largest absolute Gasteiger partial charge is 0.497 e. The van der Waals surface area contributed by atoms with E-state index >= 15 is 0 Å². The van der Waals surface area contributed by atoms with Crippen molar-refractivity contribution in [3.05, 3.63) is 99.9 Å². The molecule has 186 valence electrons. The first-order valence-corrected chi connectivity index (χ1v) is 12.9. The molecule has 0 unspecified atom stereocenters. The number of aromatic nitrogens is 1. The van der Waals surface area contributed by atoms with E-state index in [2.05, 4.69) is 49.3 Å². The molecule has 2 heterocycles. The first-order chi connectivity index (χ1) is 17.9. The average molecular weight is 510 g/mol. The second-order valence-corrected chi connectivity index (χ2v) is 9.82. The molecule has 0 atom stereocenters. The van der Waals surface area contributed by atoms with Gasteiger partial charge < -0.3 is 9.15 Å². The molecular formula is C30H27N3O3S. The molecule has 6 nitrogen and oxygen atoms in total. The molecule has 0 spiro atoms. The molecule has 0 bridgehead atoms. The van der Waals surface area contributed by atoms with Gasteiger partial charge in [-0.25, -0.2) is 9.98 Å². The Morgan fingerprint density at radius 3 is 2.62 bits per heavy atom. The van der Waals surface area contributed by atoms with Crippen LogP contribution in [0, 0.1) is 13.8 Å². The van der Waals surface area contributed by atoms with Crippen molar-refractivity contribution in [1.29, 1.82) is 0 Å². The number of methoxy groups -OCH3 is 1. The molecule has 1 amide bonds. The molecule has 0 radical (unpaired) electrons. The van der Waals surface area contributed by atoms with Crippen LogP contribution in [0.4, 0.5) is 10.8 Å². The number of anilines is 1. The van der Waals surface area contributed by atoms with Gasteiger partial charge in [0.1, 0.15) is 16.9 Å². The standard InChI is InChI=1S/C30H27N3O3S/c1-5-26-27(23-15-18(2)11-12-19(23)3)32-30(37-26)33-28(34)24-17-20-16-22(35-4)13-14-25(20)36-29(24)31-21-9-7-6-8-10-21/h6-17H,5H2,1-4H3,(H,32,33,34). The normalized spacial score (nSPS) is 11.6. The van der Waals surface area contributed by atoms with Crippen molar-refractivity contribution < 1.29 is 13.9 Å². The highest BCUT2D eigenvalue weighted by molar-refractivity contribution is 7.16. The third-order valence-electron chi connectivity index (χ3n) is 6.07. The minimum atomic E-state index is -0.341. The third-order valence-corrected chi connectivity index (χ3v) is 7.19. The molecule has 0 saturated carbocycles. The summed E-state index contributed by atoms with van der Waals surface area (Å²) in [7, 11) is 1.60. The van der Waals surface area contributed by atoms with E-state index < -0.39 is 0 Å². The summed E-state index contributed by atoms with van der Waals surface area (Å²) < 4.78 is 11.5. The first kappa shape index (κ1) is 24.5. The second-order valence-electron chi connectivity index (χ2n) is 8.73. The van der Waals surface area contributed by atoms with Crippen LogP contribution in [0.5, 0.6) is 5.75 Å². The number of aryl methyl sites for hydroxylation is 3. The van der Waals surface area contributed by atoms with Gasteiger partial charge in [0.25, 0.3) is 5.91 Å². The van der Waals surface area contributed by atoms with E-state index in [4.69, 9.17) is 14.1 Å². The van der Waals surface area contributed by atoms with Gasteiger partial charge in [-0.3, -0.25) is 10.1 Å². The van der Waals surface area contributed by atoms with Crippen LogP contribution < -0.4 is 15.6 Å². The lowest BCUT2D eigenvalue weighted by Crippen LogP contribution is -2.21. The van der Waals surface area contributed by atoms with Crippen LogP contribution in [-0.2, 0) is 6.42 Å². The quantitative estimate of drug-likeness (QED) is 0.262. The van der Waals surface area contributed by atoms with Crippen molar-refractivity contribution in [3.8, 4) is 17.0 Å². The maximum Gasteiger partial charge on any atom is 0.262 e. The molecule has 0 aliphatic carbocycles. The lowest BCUT2D eigenvalue weighted by atomic mass is 10.0. The molecular weight excluding hydrogens is 482 g/mol. The average Bonchev–Trinajstić information content (AvgIpc) is 3.32. The predicted octanol–water partition coefficient (Wildman–Crippen LogP) is 7.23. The van der Waals surface area contributed by atoms with Crippen LogP contribution in [0.15, 0.2) is 82.2 Å². The Morgan fingerprint density at radius 2 is 1.86 bits per heavy atom. The summed E-state index contributed by atoms with van der Waals surface area (Å²) >= 11 is 1.49. The van der Waals surface area contributed by atoms with Crippen molar-refractivity contribution in [2.75, 3.05) is 12.4 Å². The summed E-state index contributed by atoms with van der Waals surface area (Å²) in [5, 5.41) is 4.27. The van der Waals surface area contributed by atoms with Crippen molar-refractivity contribution in [3.63, 3.8) is 0 Å². The van der Waals surface area contributed by atoms with Gasteiger partial charge in [-0.05, 0) is 68.3 Å². The minimum Gasteiger partial charge on any atom is -0.497 e. The van der Waals surface area contributed by atoms with Crippen LogP contribution in [0.3, 0.4) is 0 Å². The summed E-state index contributed by atoms with van der Waals surface area (Å²) in [6.07, 6.45) is 0.815. The summed E-state index contributed by atoms with van der Waals surface area (Å²) in [5.74, 6) is 0.333. The number of hydrogen-bond acceptors (Lipinski definition) is 6. The lowest BCUT2D eigenvalue weighted by Gasteiger charge is -2.07. The Kier molecular flexibility index (Phi) is 6.88. The SMILES string of the molecule is CCc1sc(NC(=O)c2cc3cc(OC)ccc3oc2=Nc2ccccc2)nc1-c1cc(C)ccc1C. The van der Waals surface area contributed by atoms with Crippen molar-refractivity contribution in [2.45, 2.75) is 27.2 Å². The third kappa shape index (κ3) is 5.17.